The second-order valence-electron chi connectivity index (χ2n) is 14.0. The predicted molar refractivity (Wildman–Crippen MR) is 183 cm³/mol. The van der Waals surface area contributed by atoms with Gasteiger partial charge >= 0.3 is 0 Å². The van der Waals surface area contributed by atoms with Crippen LogP contribution < -0.4 is 0 Å². The van der Waals surface area contributed by atoms with E-state index in [1.54, 1.807) is 0 Å². The highest BCUT2D eigenvalue weighted by Gasteiger charge is 2.46. The van der Waals surface area contributed by atoms with Crippen molar-refractivity contribution in [3.63, 3.8) is 0 Å². The van der Waals surface area contributed by atoms with E-state index in [0.717, 1.165) is 80.4 Å². The number of ether oxygens (including phenoxy) is 1. The van der Waals surface area contributed by atoms with Crippen LogP contribution in [0.25, 0.3) is 5.57 Å². The number of aryl methyl sites for hydroxylation is 1. The summed E-state index contributed by atoms with van der Waals surface area (Å²) >= 11 is 7.18. The monoisotopic (exact) mass is 668 g/mol. The molecule has 1 aromatic rings. The van der Waals surface area contributed by atoms with Gasteiger partial charge in [-0.25, -0.2) is 9.38 Å². The minimum atomic E-state index is -1.04. The number of piperazine rings is 1. The lowest BCUT2D eigenvalue weighted by Crippen LogP contribution is -2.56. The Hall–Kier alpha value is -3.92. The number of benzene rings is 1. The fraction of sp³-hybridized carbons (Fsp3) is 0.526. The van der Waals surface area contributed by atoms with Gasteiger partial charge in [-0.15, -0.1) is 0 Å². The summed E-state index contributed by atoms with van der Waals surface area (Å²) in [5.74, 6) is -1.60. The number of halogens is 2. The van der Waals surface area contributed by atoms with Gasteiger partial charge in [-0.1, -0.05) is 42.5 Å². The summed E-state index contributed by atoms with van der Waals surface area (Å²) in [6, 6.07) is 10.2. The Bertz CT molecular complexity index is 1710. The molecule has 3 fully saturated rings. The third kappa shape index (κ3) is 5.86. The van der Waals surface area contributed by atoms with Crippen molar-refractivity contribution >= 4 is 29.0 Å². The summed E-state index contributed by atoms with van der Waals surface area (Å²) in [4.78, 5) is 24.1. The molecule has 0 N–H and O–H groups in total. The van der Waals surface area contributed by atoms with Gasteiger partial charge in [-0.05, 0) is 92.8 Å². The number of hydrogen-bond acceptors (Lipinski definition) is 7. The normalized spacial score (nSPS) is 26.3. The van der Waals surface area contributed by atoms with Crippen LogP contribution in [0.1, 0.15) is 68.1 Å². The molecule has 0 spiro atoms. The summed E-state index contributed by atoms with van der Waals surface area (Å²) in [5.41, 5.74) is 6.46. The number of fused-ring (bicyclic) bond motifs is 3. The zero-order valence-electron chi connectivity index (χ0n) is 27.4. The Morgan fingerprint density at radius 1 is 1.08 bits per heavy atom. The second kappa shape index (κ2) is 13.5. The van der Waals surface area contributed by atoms with Crippen molar-refractivity contribution in [3.8, 4) is 12.1 Å². The molecule has 0 saturated carbocycles. The SMILES string of the molecule is C=C(F)C(=O)N1CCN(C2=C(CC#N)C(OCC34CCCN3CCC4)=NC3C=C(c4cccc5c4CCCC5)C(Cl)=CC23)C[C@@H]1CC#N. The highest BCUT2D eigenvalue weighted by atomic mass is 35.5. The quantitative estimate of drug-likeness (QED) is 0.321. The van der Waals surface area contributed by atoms with Crippen molar-refractivity contribution in [2.75, 3.05) is 39.3 Å². The molecule has 3 atom stereocenters. The van der Waals surface area contributed by atoms with Crippen LogP contribution >= 0.6 is 11.6 Å². The predicted octanol–water partition coefficient (Wildman–Crippen LogP) is 6.20. The third-order valence-electron chi connectivity index (χ3n) is 11.3. The molecule has 7 rings (SSSR count). The van der Waals surface area contributed by atoms with Crippen molar-refractivity contribution in [1.82, 2.24) is 14.7 Å². The molecule has 250 valence electrons. The van der Waals surface area contributed by atoms with Crippen molar-refractivity contribution < 1.29 is 13.9 Å². The highest BCUT2D eigenvalue weighted by molar-refractivity contribution is 6.37. The number of hydrogen-bond donors (Lipinski definition) is 0. The van der Waals surface area contributed by atoms with Gasteiger partial charge in [0.2, 0.25) is 5.90 Å². The van der Waals surface area contributed by atoms with Crippen LogP contribution in [0.3, 0.4) is 0 Å². The Balaban J connectivity index is 1.29. The van der Waals surface area contributed by atoms with E-state index in [-0.39, 0.29) is 36.9 Å². The molecular weight excluding hydrogens is 627 g/mol. The van der Waals surface area contributed by atoms with Crippen molar-refractivity contribution in [1.29, 1.82) is 10.5 Å². The standard InChI is InChI=1S/C38H42ClFN6O2/c1-25(40)37(47)46-20-19-44(23-27(46)11-15-41)35-30(12-16-42)36(48-24-38-13-5-17-45(38)18-6-14-38)43-34-22-31(33(39)21-32(34)35)29-10-4-8-26-7-2-3-9-28(26)29/h4,8,10,21-22,27,32,34H,1-3,5-7,9,11-14,17-20,23-24H2/t27-,32?,34?/m0/s1. The lowest BCUT2D eigenvalue weighted by atomic mass is 9.79. The average molecular weight is 669 g/mol. The Labute approximate surface area is 287 Å². The fourth-order valence-electron chi connectivity index (χ4n) is 9.05. The maximum atomic E-state index is 14.0. The molecule has 1 amide bonds. The molecule has 1 aromatic carbocycles. The molecule has 48 heavy (non-hydrogen) atoms. The summed E-state index contributed by atoms with van der Waals surface area (Å²) in [6.45, 7) is 6.81. The number of amides is 1. The van der Waals surface area contributed by atoms with Gasteiger partial charge in [0.25, 0.3) is 5.91 Å². The van der Waals surface area contributed by atoms with Crippen LogP contribution in [0, 0.1) is 28.6 Å². The lowest BCUT2D eigenvalue weighted by Gasteiger charge is -2.46. The molecule has 6 aliphatic rings. The molecule has 4 aliphatic heterocycles. The van der Waals surface area contributed by atoms with Crippen LogP contribution in [0.15, 0.2) is 64.1 Å². The van der Waals surface area contributed by atoms with Gasteiger partial charge in [0.05, 0.1) is 42.6 Å². The third-order valence-corrected chi connectivity index (χ3v) is 11.6. The molecule has 0 bridgehead atoms. The van der Waals surface area contributed by atoms with Crippen molar-refractivity contribution in [3.05, 3.63) is 75.7 Å². The lowest BCUT2D eigenvalue weighted by molar-refractivity contribution is -0.133. The summed E-state index contributed by atoms with van der Waals surface area (Å²) in [5, 5.41) is 20.4. The summed E-state index contributed by atoms with van der Waals surface area (Å²) in [6.07, 6.45) is 13.3. The number of nitriles is 2. The average Bonchev–Trinajstić information content (AvgIpc) is 3.68. The first-order valence-corrected chi connectivity index (χ1v) is 17.8. The van der Waals surface area contributed by atoms with Gasteiger partial charge in [0.1, 0.15) is 6.61 Å². The summed E-state index contributed by atoms with van der Waals surface area (Å²) in [7, 11) is 0. The number of aliphatic imine (C=N–C) groups is 1. The second-order valence-corrected chi connectivity index (χ2v) is 14.4. The van der Waals surface area contributed by atoms with E-state index >= 15 is 0 Å². The van der Waals surface area contributed by atoms with E-state index in [9.17, 15) is 19.7 Å². The first-order chi connectivity index (χ1) is 23.3. The Morgan fingerprint density at radius 3 is 2.62 bits per heavy atom. The van der Waals surface area contributed by atoms with Gasteiger partial charge < -0.3 is 14.5 Å². The van der Waals surface area contributed by atoms with E-state index in [1.165, 1.54) is 22.4 Å². The maximum Gasteiger partial charge on any atom is 0.282 e. The van der Waals surface area contributed by atoms with Gasteiger partial charge in [-0.2, -0.15) is 10.5 Å². The number of rotatable bonds is 7. The first kappa shape index (κ1) is 32.6. The molecule has 2 aliphatic carbocycles. The Kier molecular flexibility index (Phi) is 9.20. The zero-order chi connectivity index (χ0) is 33.4. The number of carbonyl (C=O) groups is 1. The van der Waals surface area contributed by atoms with Crippen LogP contribution in [0.2, 0.25) is 0 Å². The zero-order valence-corrected chi connectivity index (χ0v) is 28.2. The molecule has 8 nitrogen and oxygen atoms in total. The first-order valence-electron chi connectivity index (χ1n) is 17.4. The molecule has 3 saturated heterocycles. The van der Waals surface area contributed by atoms with Crippen LogP contribution in [-0.2, 0) is 22.4 Å². The van der Waals surface area contributed by atoms with Gasteiger partial charge in [0.15, 0.2) is 5.83 Å². The van der Waals surface area contributed by atoms with E-state index in [4.69, 9.17) is 21.3 Å². The fourth-order valence-corrected chi connectivity index (χ4v) is 9.35. The van der Waals surface area contributed by atoms with Crippen LogP contribution in [0.4, 0.5) is 4.39 Å². The smallest absolute Gasteiger partial charge is 0.282 e. The Morgan fingerprint density at radius 2 is 1.88 bits per heavy atom. The van der Waals surface area contributed by atoms with Crippen LogP contribution in [0.5, 0.6) is 0 Å². The number of carbonyl (C=O) groups excluding carboxylic acids is 1. The minimum Gasteiger partial charge on any atom is -0.476 e. The molecular formula is C38H42ClFN6O2. The minimum absolute atomic E-state index is 0.00417. The van der Waals surface area contributed by atoms with Crippen molar-refractivity contribution in [2.45, 2.75) is 81.8 Å². The highest BCUT2D eigenvalue weighted by Crippen LogP contribution is 2.45. The number of dihydropyridines is 1. The number of nitrogens with zero attached hydrogens (tertiary/aromatic N) is 6. The van der Waals surface area contributed by atoms with E-state index in [1.807, 2.05) is 0 Å². The number of allylic oxidation sites excluding steroid dienone is 2. The molecule has 4 heterocycles. The molecule has 0 radical (unpaired) electrons. The van der Waals surface area contributed by atoms with E-state index in [0.29, 0.717) is 30.6 Å². The molecule has 2 unspecified atom stereocenters. The molecule has 10 heteroatoms. The topological polar surface area (TPSA) is 96.0 Å². The van der Waals surface area contributed by atoms with Crippen LogP contribution in [-0.4, -0.2) is 83.5 Å². The van der Waals surface area contributed by atoms with E-state index < -0.39 is 17.8 Å². The maximum absolute atomic E-state index is 14.0. The largest absolute Gasteiger partial charge is 0.476 e. The molecule has 0 aromatic heterocycles. The summed E-state index contributed by atoms with van der Waals surface area (Å²) < 4.78 is 20.8. The van der Waals surface area contributed by atoms with Gasteiger partial charge in [-0.3, -0.25) is 9.69 Å². The van der Waals surface area contributed by atoms with Gasteiger partial charge in [0, 0.05) is 41.9 Å². The van der Waals surface area contributed by atoms with Crippen molar-refractivity contribution in [2.24, 2.45) is 10.9 Å². The van der Waals surface area contributed by atoms with E-state index in [2.05, 4.69) is 58.9 Å².